The number of hydrogen-bond donors (Lipinski definition) is 1. The summed E-state index contributed by atoms with van der Waals surface area (Å²) in [5.41, 5.74) is 6.06. The van der Waals surface area contributed by atoms with Gasteiger partial charge in [0.15, 0.2) is 5.78 Å². The van der Waals surface area contributed by atoms with E-state index in [2.05, 4.69) is 29.5 Å². The quantitative estimate of drug-likeness (QED) is 0.381. The van der Waals surface area contributed by atoms with Crippen LogP contribution in [0.4, 0.5) is 11.4 Å². The zero-order valence-corrected chi connectivity index (χ0v) is 22.3. The fraction of sp³-hybridized carbons (Fsp3) is 0.370. The van der Waals surface area contributed by atoms with Crippen molar-refractivity contribution in [2.75, 3.05) is 29.8 Å². The van der Waals surface area contributed by atoms with Crippen molar-refractivity contribution in [1.29, 1.82) is 0 Å². The average molecular weight is 513 g/mol. The number of Topliss-reactive ketones (excluding diaryl/α,β-unsaturated/α-hetero) is 1. The number of nitrogens with one attached hydrogen (secondary N) is 1. The Morgan fingerprint density at radius 3 is 2.37 bits per heavy atom. The third-order valence-corrected chi connectivity index (χ3v) is 8.97. The minimum absolute atomic E-state index is 0.0907. The minimum atomic E-state index is -3.84. The second-order valence-electron chi connectivity index (χ2n) is 9.05. The number of nitrogens with zero attached hydrogens (tertiary/aromatic N) is 1. The molecule has 0 unspecified atom stereocenters. The maximum absolute atomic E-state index is 13.4. The van der Waals surface area contributed by atoms with Gasteiger partial charge in [-0.2, -0.15) is 0 Å². The molecule has 1 aliphatic heterocycles. The molecule has 0 atom stereocenters. The molecule has 2 heterocycles. The molecule has 1 N–H and O–H groups in total. The first kappa shape index (κ1) is 25.3. The number of ether oxygens (including phenoxy) is 1. The molecule has 1 aliphatic rings. The van der Waals surface area contributed by atoms with Crippen LogP contribution in [0, 0.1) is 20.8 Å². The van der Waals surface area contributed by atoms with Crippen molar-refractivity contribution in [3.63, 3.8) is 0 Å². The van der Waals surface area contributed by atoms with Gasteiger partial charge in [0.1, 0.15) is 5.75 Å². The summed E-state index contributed by atoms with van der Waals surface area (Å²) in [5.74, 6) is 0.482. The van der Waals surface area contributed by atoms with Crippen molar-refractivity contribution < 1.29 is 17.9 Å². The lowest BCUT2D eigenvalue weighted by Crippen LogP contribution is -2.31. The highest BCUT2D eigenvalue weighted by atomic mass is 32.2. The molecule has 35 heavy (non-hydrogen) atoms. The highest BCUT2D eigenvalue weighted by Gasteiger charge is 2.23. The number of aryl methyl sites for hydroxylation is 2. The fourth-order valence-corrected chi connectivity index (χ4v) is 6.82. The van der Waals surface area contributed by atoms with Crippen LogP contribution in [0.2, 0.25) is 0 Å². The largest absolute Gasteiger partial charge is 0.497 e. The molecule has 8 heteroatoms. The predicted molar refractivity (Wildman–Crippen MR) is 143 cm³/mol. The predicted octanol–water partition coefficient (Wildman–Crippen LogP) is 5.90. The van der Waals surface area contributed by atoms with Crippen molar-refractivity contribution in [3.05, 3.63) is 68.9 Å². The van der Waals surface area contributed by atoms with Crippen LogP contribution in [0.1, 0.15) is 51.2 Å². The Morgan fingerprint density at radius 2 is 1.71 bits per heavy atom. The van der Waals surface area contributed by atoms with Crippen molar-refractivity contribution in [1.82, 2.24) is 0 Å². The molecule has 0 amide bonds. The number of ketones is 1. The summed E-state index contributed by atoms with van der Waals surface area (Å²) in [6.07, 6.45) is 3.87. The third kappa shape index (κ3) is 5.38. The Bertz CT molecular complexity index is 1320. The number of methoxy groups -OCH3 is 1. The summed E-state index contributed by atoms with van der Waals surface area (Å²) in [4.78, 5) is 16.4. The molecule has 0 saturated carbocycles. The highest BCUT2D eigenvalue weighted by molar-refractivity contribution is 7.92. The van der Waals surface area contributed by atoms with Crippen LogP contribution in [0.5, 0.6) is 5.75 Å². The van der Waals surface area contributed by atoms with Gasteiger partial charge in [0.2, 0.25) is 0 Å². The first-order chi connectivity index (χ1) is 16.7. The molecule has 4 rings (SSSR count). The molecule has 1 saturated heterocycles. The van der Waals surface area contributed by atoms with Crippen LogP contribution in [-0.4, -0.2) is 34.4 Å². The van der Waals surface area contributed by atoms with Crippen LogP contribution in [0.3, 0.4) is 0 Å². The molecule has 6 nitrogen and oxygen atoms in total. The molecule has 0 bridgehead atoms. The maximum atomic E-state index is 13.4. The van der Waals surface area contributed by atoms with E-state index in [9.17, 15) is 13.2 Å². The SMILES string of the molecule is COc1ccc(S(=O)(=O)Nc2ccsc2C(=O)Cc2c(C)cc(C)c(N3CCCCC3)c2C)cc1. The van der Waals surface area contributed by atoms with Gasteiger partial charge >= 0.3 is 0 Å². The lowest BCUT2D eigenvalue weighted by Gasteiger charge is -2.33. The van der Waals surface area contributed by atoms with E-state index in [4.69, 9.17) is 4.74 Å². The summed E-state index contributed by atoms with van der Waals surface area (Å²) < 4.78 is 33.6. The van der Waals surface area contributed by atoms with Gasteiger partial charge in [0.25, 0.3) is 10.0 Å². The first-order valence-electron chi connectivity index (χ1n) is 11.8. The zero-order valence-electron chi connectivity index (χ0n) is 20.7. The van der Waals surface area contributed by atoms with Gasteiger partial charge in [-0.15, -0.1) is 11.3 Å². The molecule has 0 radical (unpaired) electrons. The fourth-order valence-electron chi connectivity index (χ4n) is 4.90. The van der Waals surface area contributed by atoms with Crippen molar-refractivity contribution >= 4 is 38.5 Å². The number of carbonyl (C=O) groups excluding carboxylic acids is 1. The number of anilines is 2. The maximum Gasteiger partial charge on any atom is 0.261 e. The molecule has 2 aromatic carbocycles. The molecule has 0 aliphatic carbocycles. The van der Waals surface area contributed by atoms with E-state index < -0.39 is 10.0 Å². The van der Waals surface area contributed by atoms with Gasteiger partial charge in [0.05, 0.1) is 22.6 Å². The van der Waals surface area contributed by atoms with Crippen molar-refractivity contribution in [2.24, 2.45) is 0 Å². The van der Waals surface area contributed by atoms with Crippen LogP contribution in [0.25, 0.3) is 0 Å². The monoisotopic (exact) mass is 512 g/mol. The average Bonchev–Trinajstić information content (AvgIpc) is 3.29. The molecule has 1 fully saturated rings. The van der Waals surface area contributed by atoms with E-state index >= 15 is 0 Å². The topological polar surface area (TPSA) is 75.7 Å². The number of thiophene rings is 1. The van der Waals surface area contributed by atoms with E-state index in [0.29, 0.717) is 16.3 Å². The molecule has 186 valence electrons. The molecule has 3 aromatic rings. The summed E-state index contributed by atoms with van der Waals surface area (Å²) in [6, 6.07) is 9.97. The summed E-state index contributed by atoms with van der Waals surface area (Å²) in [6.45, 7) is 8.38. The number of sulfonamides is 1. The first-order valence-corrected chi connectivity index (χ1v) is 14.2. The summed E-state index contributed by atoms with van der Waals surface area (Å²) in [7, 11) is -2.31. The van der Waals surface area contributed by atoms with Gasteiger partial charge in [-0.3, -0.25) is 9.52 Å². The van der Waals surface area contributed by atoms with Crippen molar-refractivity contribution in [3.8, 4) is 5.75 Å². The lowest BCUT2D eigenvalue weighted by molar-refractivity contribution is 0.0997. The zero-order chi connectivity index (χ0) is 25.2. The Labute approximate surface area is 212 Å². The molecular formula is C27H32N2O4S2. The molecule has 0 spiro atoms. The number of carbonyl (C=O) groups is 1. The summed E-state index contributed by atoms with van der Waals surface area (Å²) >= 11 is 1.26. The summed E-state index contributed by atoms with van der Waals surface area (Å²) in [5, 5.41) is 1.74. The van der Waals surface area contributed by atoms with E-state index in [1.165, 1.54) is 61.1 Å². The van der Waals surface area contributed by atoms with Crippen molar-refractivity contribution in [2.45, 2.75) is 51.3 Å². The molecular weight excluding hydrogens is 480 g/mol. The van der Waals surface area contributed by atoms with Gasteiger partial charge < -0.3 is 9.64 Å². The van der Waals surface area contributed by atoms with Gasteiger partial charge in [-0.1, -0.05) is 6.07 Å². The second-order valence-corrected chi connectivity index (χ2v) is 11.7. The van der Waals surface area contributed by atoms with E-state index in [1.54, 1.807) is 23.6 Å². The Morgan fingerprint density at radius 1 is 1.03 bits per heavy atom. The van der Waals surface area contributed by atoms with Gasteiger partial charge in [0, 0.05) is 25.2 Å². The van der Waals surface area contributed by atoms with E-state index in [1.807, 2.05) is 6.92 Å². The smallest absolute Gasteiger partial charge is 0.261 e. The molecule has 1 aromatic heterocycles. The standard InChI is InChI=1S/C27H32N2O4S2/c1-18-16-19(2)26(29-13-6-5-7-14-29)20(3)23(18)17-25(30)27-24(12-15-34-27)28-35(31,32)22-10-8-21(33-4)9-11-22/h8-12,15-16,28H,5-7,13-14,17H2,1-4H3. The van der Waals surface area contributed by atoms with E-state index in [-0.39, 0.29) is 17.1 Å². The minimum Gasteiger partial charge on any atom is -0.497 e. The number of hydrogen-bond acceptors (Lipinski definition) is 6. The normalized spacial score (nSPS) is 14.1. The Hall–Kier alpha value is -2.84. The second kappa shape index (κ2) is 10.4. The number of piperidine rings is 1. The highest BCUT2D eigenvalue weighted by Crippen LogP contribution is 2.34. The van der Waals surface area contributed by atoms with Crippen LogP contribution in [0.15, 0.2) is 46.7 Å². The van der Waals surface area contributed by atoms with Crippen LogP contribution >= 0.6 is 11.3 Å². The lowest BCUT2D eigenvalue weighted by atomic mass is 9.92. The number of benzene rings is 2. The number of rotatable bonds is 8. The van der Waals surface area contributed by atoms with E-state index in [0.717, 1.165) is 29.8 Å². The Kier molecular flexibility index (Phi) is 7.52. The van der Waals surface area contributed by atoms with Crippen LogP contribution in [-0.2, 0) is 16.4 Å². The third-order valence-electron chi connectivity index (χ3n) is 6.63. The Balaban J connectivity index is 1.59. The van der Waals surface area contributed by atoms with Crippen LogP contribution < -0.4 is 14.4 Å². The van der Waals surface area contributed by atoms with Gasteiger partial charge in [-0.25, -0.2) is 8.42 Å². The van der Waals surface area contributed by atoms with Gasteiger partial charge in [-0.05, 0) is 98.0 Å².